The van der Waals surface area contributed by atoms with Crippen molar-refractivity contribution in [3.63, 3.8) is 0 Å². The van der Waals surface area contributed by atoms with Crippen molar-refractivity contribution in [3.8, 4) is 5.75 Å². The maximum Gasteiger partial charge on any atom is 0.339 e. The molecule has 0 fully saturated rings. The number of aromatic carboxylic acids is 1. The number of ether oxygens (including phenoxy) is 2. The van der Waals surface area contributed by atoms with E-state index >= 15 is 0 Å². The summed E-state index contributed by atoms with van der Waals surface area (Å²) in [6, 6.07) is 12.0. The van der Waals surface area contributed by atoms with Gasteiger partial charge in [-0.2, -0.15) is 0 Å². The van der Waals surface area contributed by atoms with Crippen molar-refractivity contribution < 1.29 is 34.1 Å². The van der Waals surface area contributed by atoms with Crippen molar-refractivity contribution in [1.29, 1.82) is 0 Å². The van der Waals surface area contributed by atoms with Crippen LogP contribution in [0.1, 0.15) is 31.1 Å². The van der Waals surface area contributed by atoms with Crippen LogP contribution in [0, 0.1) is 0 Å². The molecule has 2 aliphatic heterocycles. The van der Waals surface area contributed by atoms with Crippen LogP contribution in [0.15, 0.2) is 48.5 Å². The fourth-order valence-corrected chi connectivity index (χ4v) is 1.83. The first kappa shape index (κ1) is 17.0. The highest BCUT2D eigenvalue weighted by atomic mass is 16.6. The number of aromatic hydroxyl groups is 1. The van der Waals surface area contributed by atoms with E-state index in [9.17, 15) is 14.4 Å². The molecule has 24 heavy (non-hydrogen) atoms. The number of fused-ring (bicyclic) bond motifs is 7. The monoisotopic (exact) mass is 330 g/mol. The summed E-state index contributed by atoms with van der Waals surface area (Å²) in [7, 11) is 0. The Morgan fingerprint density at radius 3 is 1.67 bits per heavy atom. The molecule has 0 radical (unpaired) electrons. The van der Waals surface area contributed by atoms with Gasteiger partial charge in [-0.3, -0.25) is 0 Å². The fraction of sp³-hybridized carbons (Fsp3) is 0.118. The van der Waals surface area contributed by atoms with E-state index in [1.54, 1.807) is 36.4 Å². The molecule has 0 amide bonds. The molecule has 0 atom stereocenters. The molecule has 2 aromatic rings. The van der Waals surface area contributed by atoms with E-state index in [0.29, 0.717) is 11.1 Å². The highest BCUT2D eigenvalue weighted by Crippen LogP contribution is 2.14. The molecule has 2 N–H and O–H groups in total. The van der Waals surface area contributed by atoms with Gasteiger partial charge in [0, 0.05) is 0 Å². The lowest BCUT2D eigenvalue weighted by molar-refractivity contribution is 0.0260. The molecule has 0 aromatic heterocycles. The maximum atomic E-state index is 11.3. The second-order valence-corrected chi connectivity index (χ2v) is 4.67. The smallest absolute Gasteiger partial charge is 0.339 e. The Labute approximate surface area is 137 Å². The van der Waals surface area contributed by atoms with Gasteiger partial charge in [0.1, 0.15) is 24.5 Å². The molecule has 4 rings (SSSR count). The summed E-state index contributed by atoms with van der Waals surface area (Å²) in [5.74, 6) is -2.10. The topological polar surface area (TPSA) is 110 Å². The van der Waals surface area contributed by atoms with E-state index in [-0.39, 0.29) is 24.5 Å². The van der Waals surface area contributed by atoms with E-state index < -0.39 is 17.9 Å². The van der Waals surface area contributed by atoms with Crippen LogP contribution in [0.5, 0.6) is 5.75 Å². The van der Waals surface area contributed by atoms with Gasteiger partial charge in [0.25, 0.3) is 0 Å². The fourth-order valence-electron chi connectivity index (χ4n) is 1.83. The van der Waals surface area contributed by atoms with E-state index in [1.807, 2.05) is 0 Å². The lowest BCUT2D eigenvalue weighted by atomic mass is 10.1. The Kier molecular flexibility index (Phi) is 5.51. The van der Waals surface area contributed by atoms with Gasteiger partial charge < -0.3 is 19.7 Å². The third-order valence-electron chi connectivity index (χ3n) is 3.04. The van der Waals surface area contributed by atoms with E-state index in [0.717, 1.165) is 0 Å². The van der Waals surface area contributed by atoms with Crippen LogP contribution in [-0.2, 0) is 9.47 Å². The summed E-state index contributed by atoms with van der Waals surface area (Å²) in [5, 5.41) is 17.3. The summed E-state index contributed by atoms with van der Waals surface area (Å²) < 4.78 is 9.66. The second-order valence-electron chi connectivity index (χ2n) is 4.67. The molecule has 2 bridgehead atoms. The number of esters is 2. The lowest BCUT2D eigenvalue weighted by Crippen LogP contribution is -2.16. The van der Waals surface area contributed by atoms with Crippen molar-refractivity contribution in [1.82, 2.24) is 0 Å². The number of benzene rings is 2. The number of carboxylic acids is 1. The molecule has 2 aromatic carbocycles. The van der Waals surface area contributed by atoms with Crippen LogP contribution in [0.2, 0.25) is 0 Å². The minimum Gasteiger partial charge on any atom is -0.507 e. The summed E-state index contributed by atoms with van der Waals surface area (Å²) in [6.07, 6.45) is 0. The molecular formula is C17H14O7. The van der Waals surface area contributed by atoms with Gasteiger partial charge in [-0.25, -0.2) is 14.4 Å². The molecule has 0 spiro atoms. The van der Waals surface area contributed by atoms with Crippen molar-refractivity contribution in [3.05, 3.63) is 65.2 Å². The van der Waals surface area contributed by atoms with Crippen LogP contribution in [-0.4, -0.2) is 41.3 Å². The average molecular weight is 330 g/mol. The number of phenols is 1. The summed E-state index contributed by atoms with van der Waals surface area (Å²) >= 11 is 0. The van der Waals surface area contributed by atoms with Gasteiger partial charge in [0.2, 0.25) is 0 Å². The minimum atomic E-state index is -1.11. The highest BCUT2D eigenvalue weighted by Gasteiger charge is 2.13. The Hall–Kier alpha value is -3.35. The van der Waals surface area contributed by atoms with Crippen molar-refractivity contribution in [2.24, 2.45) is 0 Å². The van der Waals surface area contributed by atoms with Crippen LogP contribution in [0.25, 0.3) is 0 Å². The molecule has 2 aliphatic rings. The summed E-state index contributed by atoms with van der Waals surface area (Å²) in [4.78, 5) is 32.8. The number of rotatable bonds is 1. The predicted molar refractivity (Wildman–Crippen MR) is 82.1 cm³/mol. The third kappa shape index (κ3) is 4.33. The average Bonchev–Trinajstić information content (AvgIpc) is 2.59. The third-order valence-corrected chi connectivity index (χ3v) is 3.04. The van der Waals surface area contributed by atoms with E-state index in [2.05, 4.69) is 0 Å². The molecule has 124 valence electrons. The van der Waals surface area contributed by atoms with E-state index in [4.69, 9.17) is 19.7 Å². The molecule has 7 nitrogen and oxygen atoms in total. The molecule has 0 unspecified atom stereocenters. The van der Waals surface area contributed by atoms with Crippen molar-refractivity contribution in [2.45, 2.75) is 0 Å². The first-order valence-electron chi connectivity index (χ1n) is 6.94. The van der Waals surface area contributed by atoms with Crippen molar-refractivity contribution in [2.75, 3.05) is 13.2 Å². The SMILES string of the molecule is O=C(O)c1ccccc1O.O=C1OCCOC(=O)c2ccc1cc2. The molecule has 0 saturated heterocycles. The molecule has 7 heteroatoms. The van der Waals surface area contributed by atoms with Gasteiger partial charge in [-0.1, -0.05) is 12.1 Å². The zero-order chi connectivity index (χ0) is 17.5. The van der Waals surface area contributed by atoms with Crippen LogP contribution in [0.4, 0.5) is 0 Å². The Morgan fingerprint density at radius 2 is 1.29 bits per heavy atom. The van der Waals surface area contributed by atoms with Crippen LogP contribution >= 0.6 is 0 Å². The van der Waals surface area contributed by atoms with Crippen molar-refractivity contribution >= 4 is 17.9 Å². The minimum absolute atomic E-state index is 0.0671. The summed E-state index contributed by atoms with van der Waals surface area (Å²) in [6.45, 7) is 0.200. The molecular weight excluding hydrogens is 316 g/mol. The predicted octanol–water partition coefficient (Wildman–Crippen LogP) is 2.10. The number of carboxylic acid groups (broad SMARTS) is 1. The first-order chi connectivity index (χ1) is 11.5. The van der Waals surface area contributed by atoms with Gasteiger partial charge in [-0.15, -0.1) is 0 Å². The molecule has 0 saturated carbocycles. The van der Waals surface area contributed by atoms with Gasteiger partial charge in [0.05, 0.1) is 11.1 Å². The second kappa shape index (κ2) is 7.77. The summed E-state index contributed by atoms with van der Waals surface area (Å²) in [5.41, 5.74) is 0.828. The first-order valence-corrected chi connectivity index (χ1v) is 6.94. The molecule has 2 heterocycles. The number of para-hydroxylation sites is 1. The van der Waals surface area contributed by atoms with Gasteiger partial charge in [0.15, 0.2) is 0 Å². The lowest BCUT2D eigenvalue weighted by Gasteiger charge is -2.09. The zero-order valence-corrected chi connectivity index (χ0v) is 12.5. The van der Waals surface area contributed by atoms with Crippen LogP contribution in [0.3, 0.4) is 0 Å². The Morgan fingerprint density at radius 1 is 0.833 bits per heavy atom. The van der Waals surface area contributed by atoms with Gasteiger partial charge >= 0.3 is 17.9 Å². The normalized spacial score (nSPS) is 13.2. The number of carbonyl (C=O) groups is 3. The highest BCUT2D eigenvalue weighted by molar-refractivity contribution is 5.93. The molecule has 0 aliphatic carbocycles. The van der Waals surface area contributed by atoms with E-state index in [1.165, 1.54) is 12.1 Å². The standard InChI is InChI=1S/C10H8O4.C7H6O3/c11-9-7-1-2-8(4-3-7)10(12)14-6-5-13-9;8-6-4-2-1-3-5(6)7(9)10/h1-4H,5-6H2;1-4,8H,(H,9,10). The largest absolute Gasteiger partial charge is 0.507 e. The van der Waals surface area contributed by atoms with Crippen LogP contribution < -0.4 is 0 Å². The quantitative estimate of drug-likeness (QED) is 0.770. The number of carbonyl (C=O) groups excluding carboxylic acids is 2. The zero-order valence-electron chi connectivity index (χ0n) is 12.5. The van der Waals surface area contributed by atoms with Gasteiger partial charge in [-0.05, 0) is 36.4 Å². The number of hydrogen-bond donors (Lipinski definition) is 2. The Bertz CT molecular complexity index is 713. The maximum absolute atomic E-state index is 11.3. The number of hydrogen-bond acceptors (Lipinski definition) is 6. The Balaban J connectivity index is 0.000000185.